The standard InChI is InChI=1S/C7H8Cl2O/c8-6-3-1-2-4(10)5(3)7(6)9/h3,5-7H,1-2H2/t3?,5?,6-,7-/m1/s1. The summed E-state index contributed by atoms with van der Waals surface area (Å²) in [6.45, 7) is 0. The van der Waals surface area contributed by atoms with Gasteiger partial charge in [-0.1, -0.05) is 0 Å². The van der Waals surface area contributed by atoms with Crippen molar-refractivity contribution in [1.82, 2.24) is 0 Å². The van der Waals surface area contributed by atoms with Gasteiger partial charge in [0, 0.05) is 12.3 Å². The van der Waals surface area contributed by atoms with Crippen LogP contribution in [0.25, 0.3) is 0 Å². The SMILES string of the molecule is O=C1CCC2C1[C@@H](Cl)[C@@H]2Cl. The number of fused-ring (bicyclic) bond motifs is 1. The van der Waals surface area contributed by atoms with Gasteiger partial charge in [0.1, 0.15) is 5.78 Å². The van der Waals surface area contributed by atoms with Crippen molar-refractivity contribution in [3.05, 3.63) is 0 Å². The second-order valence-corrected chi connectivity index (χ2v) is 4.09. The molecule has 0 aromatic carbocycles. The molecule has 0 aliphatic heterocycles. The molecule has 0 radical (unpaired) electrons. The van der Waals surface area contributed by atoms with Gasteiger partial charge in [-0.3, -0.25) is 4.79 Å². The van der Waals surface area contributed by atoms with Gasteiger partial charge >= 0.3 is 0 Å². The van der Waals surface area contributed by atoms with Gasteiger partial charge < -0.3 is 0 Å². The molecule has 1 nitrogen and oxygen atoms in total. The summed E-state index contributed by atoms with van der Waals surface area (Å²) in [4.78, 5) is 11.0. The van der Waals surface area contributed by atoms with E-state index in [1.807, 2.05) is 0 Å². The molecule has 10 heavy (non-hydrogen) atoms. The maximum atomic E-state index is 11.0. The van der Waals surface area contributed by atoms with Crippen molar-refractivity contribution in [2.45, 2.75) is 23.6 Å². The predicted octanol–water partition coefficient (Wildman–Crippen LogP) is 1.81. The molecule has 2 fully saturated rings. The lowest BCUT2D eigenvalue weighted by Gasteiger charge is -2.40. The highest BCUT2D eigenvalue weighted by Crippen LogP contribution is 2.50. The number of ketones is 1. The fourth-order valence-corrected chi connectivity index (χ4v) is 2.91. The smallest absolute Gasteiger partial charge is 0.137 e. The maximum Gasteiger partial charge on any atom is 0.137 e. The fourth-order valence-electron chi connectivity index (χ4n) is 1.95. The highest BCUT2D eigenvalue weighted by atomic mass is 35.5. The molecule has 0 N–H and O–H groups in total. The van der Waals surface area contributed by atoms with Gasteiger partial charge in [-0.15, -0.1) is 23.2 Å². The lowest BCUT2D eigenvalue weighted by atomic mass is 9.75. The van der Waals surface area contributed by atoms with E-state index in [1.165, 1.54) is 0 Å². The highest BCUT2D eigenvalue weighted by molar-refractivity contribution is 6.33. The van der Waals surface area contributed by atoms with E-state index in [4.69, 9.17) is 23.2 Å². The number of hydrogen-bond donors (Lipinski definition) is 0. The summed E-state index contributed by atoms with van der Waals surface area (Å²) in [5.74, 6) is 0.822. The molecular weight excluding hydrogens is 171 g/mol. The van der Waals surface area contributed by atoms with Crippen LogP contribution in [0.2, 0.25) is 0 Å². The molecule has 0 saturated heterocycles. The first-order chi connectivity index (χ1) is 4.72. The minimum absolute atomic E-state index is 0.0538. The van der Waals surface area contributed by atoms with E-state index in [9.17, 15) is 4.79 Å². The molecule has 0 amide bonds. The molecule has 0 heterocycles. The van der Waals surface area contributed by atoms with Gasteiger partial charge in [0.25, 0.3) is 0 Å². The second-order valence-electron chi connectivity index (χ2n) is 3.08. The lowest BCUT2D eigenvalue weighted by Crippen LogP contribution is -2.48. The van der Waals surface area contributed by atoms with Crippen molar-refractivity contribution in [1.29, 1.82) is 0 Å². The van der Waals surface area contributed by atoms with E-state index in [0.29, 0.717) is 18.1 Å². The number of alkyl halides is 2. The number of carbonyl (C=O) groups excluding carboxylic acids is 1. The molecule has 0 aromatic rings. The van der Waals surface area contributed by atoms with E-state index < -0.39 is 0 Å². The van der Waals surface area contributed by atoms with Crippen LogP contribution >= 0.6 is 23.2 Å². The van der Waals surface area contributed by atoms with E-state index >= 15 is 0 Å². The third-order valence-electron chi connectivity index (χ3n) is 2.61. The first-order valence-electron chi connectivity index (χ1n) is 3.52. The van der Waals surface area contributed by atoms with Crippen LogP contribution in [-0.4, -0.2) is 16.5 Å². The monoisotopic (exact) mass is 178 g/mol. The lowest BCUT2D eigenvalue weighted by molar-refractivity contribution is -0.122. The number of carbonyl (C=O) groups is 1. The highest BCUT2D eigenvalue weighted by Gasteiger charge is 2.55. The molecule has 2 saturated carbocycles. The molecule has 2 rings (SSSR count). The average molecular weight is 179 g/mol. The van der Waals surface area contributed by atoms with Crippen LogP contribution in [0.15, 0.2) is 0 Å². The summed E-state index contributed by atoms with van der Waals surface area (Å²) in [6, 6.07) is 0. The number of hydrogen-bond acceptors (Lipinski definition) is 1. The Morgan fingerprint density at radius 2 is 2.00 bits per heavy atom. The van der Waals surface area contributed by atoms with Crippen LogP contribution in [0.5, 0.6) is 0 Å². The summed E-state index contributed by atoms with van der Waals surface area (Å²) in [5, 5.41) is -0.0280. The Hall–Kier alpha value is 0.250. The van der Waals surface area contributed by atoms with Crippen LogP contribution in [0.3, 0.4) is 0 Å². The minimum atomic E-state index is -0.0818. The molecule has 2 unspecified atom stereocenters. The average Bonchev–Trinajstić information content (AvgIpc) is 2.27. The molecule has 4 atom stereocenters. The molecule has 56 valence electrons. The van der Waals surface area contributed by atoms with Gasteiger partial charge in [0.05, 0.1) is 10.8 Å². The second kappa shape index (κ2) is 2.12. The maximum absolute atomic E-state index is 11.0. The summed E-state index contributed by atoms with van der Waals surface area (Å²) >= 11 is 11.7. The molecule has 0 aromatic heterocycles. The van der Waals surface area contributed by atoms with E-state index in [-0.39, 0.29) is 16.7 Å². The van der Waals surface area contributed by atoms with Crippen molar-refractivity contribution in [3.8, 4) is 0 Å². The van der Waals surface area contributed by atoms with Crippen LogP contribution in [-0.2, 0) is 4.79 Å². The van der Waals surface area contributed by atoms with E-state index in [1.54, 1.807) is 0 Å². The number of Topliss-reactive ketones (excluding diaryl/α,β-unsaturated/α-hetero) is 1. The Labute approximate surface area is 69.7 Å². The van der Waals surface area contributed by atoms with Crippen molar-refractivity contribution < 1.29 is 4.79 Å². The van der Waals surface area contributed by atoms with Crippen LogP contribution in [0.4, 0.5) is 0 Å². The topological polar surface area (TPSA) is 17.1 Å². The molecule has 2 aliphatic carbocycles. The molecular formula is C7H8Cl2O. The first-order valence-corrected chi connectivity index (χ1v) is 4.40. The van der Waals surface area contributed by atoms with Crippen LogP contribution < -0.4 is 0 Å². The largest absolute Gasteiger partial charge is 0.299 e. The molecule has 2 aliphatic rings. The summed E-state index contributed by atoms with van der Waals surface area (Å²) in [5.41, 5.74) is 0. The first kappa shape index (κ1) is 6.93. The minimum Gasteiger partial charge on any atom is -0.299 e. The Balaban J connectivity index is 2.16. The quantitative estimate of drug-likeness (QED) is 0.518. The van der Waals surface area contributed by atoms with Gasteiger partial charge in [-0.25, -0.2) is 0 Å². The summed E-state index contributed by atoms with van der Waals surface area (Å²) in [6.07, 6.45) is 1.66. The van der Waals surface area contributed by atoms with Gasteiger partial charge in [-0.05, 0) is 12.3 Å². The van der Waals surface area contributed by atoms with E-state index in [0.717, 1.165) is 6.42 Å². The van der Waals surface area contributed by atoms with Crippen LogP contribution in [0.1, 0.15) is 12.8 Å². The Kier molecular flexibility index (Phi) is 1.47. The van der Waals surface area contributed by atoms with Crippen LogP contribution in [0, 0.1) is 11.8 Å². The molecule has 0 spiro atoms. The Morgan fingerprint density at radius 3 is 2.60 bits per heavy atom. The van der Waals surface area contributed by atoms with Gasteiger partial charge in [0.2, 0.25) is 0 Å². The van der Waals surface area contributed by atoms with Crippen molar-refractivity contribution in [2.75, 3.05) is 0 Å². The van der Waals surface area contributed by atoms with E-state index in [2.05, 4.69) is 0 Å². The zero-order chi connectivity index (χ0) is 7.30. The van der Waals surface area contributed by atoms with Crippen molar-refractivity contribution in [3.63, 3.8) is 0 Å². The summed E-state index contributed by atoms with van der Waals surface area (Å²) in [7, 11) is 0. The molecule has 3 heteroatoms. The third-order valence-corrected chi connectivity index (χ3v) is 3.88. The Bertz CT molecular complexity index is 180. The predicted molar refractivity (Wildman–Crippen MR) is 40.5 cm³/mol. The third kappa shape index (κ3) is 0.680. The number of halogens is 2. The zero-order valence-corrected chi connectivity index (χ0v) is 6.90. The van der Waals surface area contributed by atoms with Gasteiger partial charge in [-0.2, -0.15) is 0 Å². The fraction of sp³-hybridized carbons (Fsp3) is 0.857. The van der Waals surface area contributed by atoms with Crippen molar-refractivity contribution >= 4 is 29.0 Å². The Morgan fingerprint density at radius 1 is 1.30 bits per heavy atom. The summed E-state index contributed by atoms with van der Waals surface area (Å²) < 4.78 is 0. The van der Waals surface area contributed by atoms with Gasteiger partial charge in [0.15, 0.2) is 0 Å². The molecule has 0 bridgehead atoms. The van der Waals surface area contributed by atoms with Crippen molar-refractivity contribution in [2.24, 2.45) is 11.8 Å². The number of rotatable bonds is 0. The normalized spacial score (nSPS) is 52.4. The zero-order valence-electron chi connectivity index (χ0n) is 5.39.